The number of urea groups is 1. The smallest absolute Gasteiger partial charge is 0.319 e. The van der Waals surface area contributed by atoms with E-state index in [1.165, 1.54) is 24.3 Å². The van der Waals surface area contributed by atoms with Crippen molar-refractivity contribution in [1.82, 2.24) is 29.5 Å². The fraction of sp³-hybridized carbons (Fsp3) is 0.398. The van der Waals surface area contributed by atoms with Crippen LogP contribution in [0.5, 0.6) is 0 Å². The van der Waals surface area contributed by atoms with Crippen molar-refractivity contribution in [2.75, 3.05) is 157 Å². The molecule has 3 heterocycles. The van der Waals surface area contributed by atoms with Crippen molar-refractivity contribution in [3.63, 3.8) is 0 Å². The van der Waals surface area contributed by atoms with Gasteiger partial charge in [-0.3, -0.25) is 4.79 Å². The van der Waals surface area contributed by atoms with Crippen LogP contribution in [0.2, 0.25) is 30.1 Å². The van der Waals surface area contributed by atoms with Crippen molar-refractivity contribution in [2.24, 2.45) is 16.1 Å². The average Bonchev–Trinajstić information content (AvgIpc) is 0.782. The molecule has 3 atom stereocenters. The predicted octanol–water partition coefficient (Wildman–Crippen LogP) is 14.7. The van der Waals surface area contributed by atoms with Crippen molar-refractivity contribution < 1.29 is 63.3 Å². The highest BCUT2D eigenvalue weighted by Gasteiger charge is 2.32. The molecule has 0 aliphatic carbocycles. The molecule has 3 unspecified atom stereocenters. The highest BCUT2D eigenvalue weighted by Crippen LogP contribution is 2.42. The van der Waals surface area contributed by atoms with Crippen LogP contribution in [0.1, 0.15) is 92.7 Å². The van der Waals surface area contributed by atoms with Gasteiger partial charge < -0.3 is 59.5 Å². The maximum Gasteiger partial charge on any atom is 0.319 e. The number of rotatable bonds is 41. The Morgan fingerprint density at radius 1 is 0.441 bits per heavy atom. The van der Waals surface area contributed by atoms with Gasteiger partial charge in [-0.1, -0.05) is 118 Å². The molecule has 0 bridgehead atoms. The third-order valence-electron chi connectivity index (χ3n) is 19.4. The molecule has 0 aromatic heterocycles. The number of nitrogens with two attached hydrogens (primary N) is 1. The van der Waals surface area contributed by atoms with Gasteiger partial charge in [-0.2, -0.15) is 0 Å². The number of ketones is 1. The van der Waals surface area contributed by atoms with Crippen LogP contribution in [0, 0.1) is 9.81 Å². The molecule has 35 heteroatoms. The number of anilines is 1. The van der Waals surface area contributed by atoms with E-state index in [-0.39, 0.29) is 116 Å². The molecule has 0 radical (unpaired) electrons. The Kier molecular flexibility index (Phi) is 38.1. The fourth-order valence-corrected chi connectivity index (χ4v) is 18.6. The lowest BCUT2D eigenvalue weighted by Gasteiger charge is -2.33. The number of hydrogen-bond acceptors (Lipinski definition) is 22. The van der Waals surface area contributed by atoms with E-state index in [9.17, 15) is 44.7 Å². The Morgan fingerprint density at radius 2 is 0.797 bits per heavy atom. The number of halogens is 6. The summed E-state index contributed by atoms with van der Waals surface area (Å²) in [5.74, 6) is 0.0876. The number of carbonyl (C=O) groups excluding carboxylic acids is 2. The number of likely N-dealkylation sites (N-methyl/N-ethyl adjacent to an activating group) is 3. The number of sulfone groups is 1. The second-order valence-electron chi connectivity index (χ2n) is 28.3. The number of amides is 2. The Bertz CT molecular complexity index is 4750. The van der Waals surface area contributed by atoms with Crippen molar-refractivity contribution in [2.45, 2.75) is 77.8 Å². The van der Waals surface area contributed by atoms with E-state index in [1.54, 1.807) is 78.9 Å². The van der Waals surface area contributed by atoms with E-state index in [0.29, 0.717) is 113 Å². The summed E-state index contributed by atoms with van der Waals surface area (Å²) < 4.78 is 115. The third kappa shape index (κ3) is 29.4. The van der Waals surface area contributed by atoms with Crippen molar-refractivity contribution in [1.29, 1.82) is 0 Å². The maximum atomic E-state index is 13.1. The summed E-state index contributed by atoms with van der Waals surface area (Å²) in [6.07, 6.45) is 1.48. The first-order valence-electron chi connectivity index (χ1n) is 38.2. The monoisotopic (exact) mass is 1800 g/mol. The number of nitrogens with zero attached hydrogens (tertiary/aromatic N) is 5. The molecule has 3 aliphatic rings. The minimum atomic E-state index is -3.74. The zero-order chi connectivity index (χ0) is 84.8. The molecule has 0 fully saturated rings. The van der Waals surface area contributed by atoms with Crippen LogP contribution in [0.25, 0.3) is 0 Å². The number of sulfonamides is 2. The molecular weight excluding hydrogens is 1700 g/mol. The lowest BCUT2D eigenvalue weighted by molar-refractivity contribution is -0.118. The molecule has 0 spiro atoms. The van der Waals surface area contributed by atoms with E-state index in [4.69, 9.17) is 104 Å². The van der Waals surface area contributed by atoms with Crippen LogP contribution in [0.3, 0.4) is 0 Å². The van der Waals surface area contributed by atoms with Crippen LogP contribution >= 0.6 is 69.6 Å². The van der Waals surface area contributed by atoms with Gasteiger partial charge in [0.1, 0.15) is 17.2 Å². The molecule has 26 nitrogen and oxygen atoms in total. The first-order chi connectivity index (χ1) is 56.6. The molecular formula is C83H98Cl6N10O16S3. The van der Waals surface area contributed by atoms with Crippen molar-refractivity contribution in [3.05, 3.63) is 253 Å². The molecule has 3 aliphatic heterocycles. The predicted molar refractivity (Wildman–Crippen MR) is 463 cm³/mol. The quantitative estimate of drug-likeness (QED) is 0.0175. The zero-order valence-corrected chi connectivity index (χ0v) is 72.7. The third-order valence-corrected chi connectivity index (χ3v) is 25.8. The summed E-state index contributed by atoms with van der Waals surface area (Å²) in [4.78, 5) is 51.9. The maximum absolute atomic E-state index is 13.1. The van der Waals surface area contributed by atoms with Gasteiger partial charge in [0.25, 0.3) is 0 Å². The number of fused-ring (bicyclic) bond motifs is 3. The zero-order valence-electron chi connectivity index (χ0n) is 65.7. The van der Waals surface area contributed by atoms with E-state index in [1.807, 2.05) is 75.7 Å². The molecule has 636 valence electrons. The summed E-state index contributed by atoms with van der Waals surface area (Å²) in [5.41, 5.74) is 16.6. The van der Waals surface area contributed by atoms with Crippen molar-refractivity contribution in [3.8, 4) is 0 Å². The Balaban J connectivity index is 0.000000307. The van der Waals surface area contributed by atoms with Crippen LogP contribution in [0.15, 0.2) is 183 Å². The van der Waals surface area contributed by atoms with E-state index < -0.39 is 35.9 Å². The molecule has 0 saturated heterocycles. The lowest BCUT2D eigenvalue weighted by Crippen LogP contribution is -2.31. The van der Waals surface area contributed by atoms with E-state index in [2.05, 4.69) is 45.1 Å². The number of nitrogens with one attached hydrogen (secondary N) is 4. The van der Waals surface area contributed by atoms with Gasteiger partial charge in [-0.05, 0) is 209 Å². The molecule has 2 amide bonds. The number of nitroso groups, excluding NO2 is 2. The van der Waals surface area contributed by atoms with Crippen LogP contribution in [0.4, 0.5) is 21.9 Å². The second kappa shape index (κ2) is 47.4. The standard InChI is InChI=1S/C55H65Cl4N5O10S2.C22H29Cl2N3O4S.C6H4N2O2/c1-63-34-49(47-30-41(56)32-53(58)51(47)36-63)39-8-14-45(15-9-39)75(67,68)28-4-21-72-25-26-73-22-18-60-55(66)62-43-12-6-38(7-13-43)29-44(65)5-3-20-71-24-27-74-23-19-61-76(69,70)46-16-10-40(11-17-46)50-35-64(2)37-52-48(50)31-42(57)33-54(52)59;1-27-14-20(19-12-17(23)13-22(24)21(19)15-27)16-2-4-18(5-3-16)32(28,29)26-7-9-31-11-10-30-8-6-25;9-7-5-1-2-6(8-10)4-3-5/h6-17,30-33,49-50,61H,3-5,18-29,34-37H2,1-2H3,(H2,60,62,66);2-5,12-13,20,26H,6-11,14-15,25H2,1H3;1-4H. The molecule has 8 aromatic carbocycles. The van der Waals surface area contributed by atoms with E-state index in [0.717, 1.165) is 88.4 Å². The summed E-state index contributed by atoms with van der Waals surface area (Å²) >= 11 is 38.4. The largest absolute Gasteiger partial charge is 0.379 e. The topological polar surface area (TPSA) is 335 Å². The SMILES string of the molecule is CN1Cc2c(Cl)cc(Cl)cc2C(c2ccc(S(=O)(=O)CCCOCCOCCNC(=O)Nc3ccc(CC(=O)CCCOCCOCCNS(=O)(=O)c4ccc(C5CN(C)Cc6c(Cl)cc(Cl)cc65)cc4)cc3)cc2)C1.CN1Cc2c(Cl)cc(Cl)cc2C(c2ccc(S(=O)(=O)NCCOCCOCCN)cc2)C1.O=Nc1ccc(N=O)cc1. The minimum absolute atomic E-state index is 0.00168. The highest BCUT2D eigenvalue weighted by molar-refractivity contribution is 7.91. The van der Waals surface area contributed by atoms with Gasteiger partial charge >= 0.3 is 6.03 Å². The van der Waals surface area contributed by atoms with Gasteiger partial charge in [0, 0.05) is 145 Å². The number of Topliss-reactive ketones (excluding diaryl/α,β-unsaturated/α-hetero) is 1. The second-order valence-corrected chi connectivity index (χ2v) is 36.5. The lowest BCUT2D eigenvalue weighted by atomic mass is 9.85. The van der Waals surface area contributed by atoms with Gasteiger partial charge in [0.2, 0.25) is 20.0 Å². The molecule has 118 heavy (non-hydrogen) atoms. The first kappa shape index (κ1) is 94.9. The van der Waals surface area contributed by atoms with Gasteiger partial charge in [-0.15, -0.1) is 9.81 Å². The van der Waals surface area contributed by atoms with Gasteiger partial charge in [-0.25, -0.2) is 39.5 Å². The van der Waals surface area contributed by atoms with Crippen LogP contribution < -0.4 is 25.8 Å². The highest BCUT2D eigenvalue weighted by atomic mass is 35.5. The Morgan fingerprint density at radius 3 is 1.18 bits per heavy atom. The molecule has 6 N–H and O–H groups in total. The number of hydrogen-bond donors (Lipinski definition) is 5. The summed E-state index contributed by atoms with van der Waals surface area (Å²) in [7, 11) is -4.78. The normalized spacial score (nSPS) is 15.6. The number of carbonyl (C=O) groups is 2. The fourth-order valence-electron chi connectivity index (χ4n) is 13.6. The molecule has 11 rings (SSSR count). The number of ether oxygens (including phenoxy) is 6. The summed E-state index contributed by atoms with van der Waals surface area (Å²) in [6, 6.07) is 44.3. The first-order valence-corrected chi connectivity index (χ1v) is 45.1. The number of benzene rings is 8. The van der Waals surface area contributed by atoms with E-state index >= 15 is 0 Å². The summed E-state index contributed by atoms with van der Waals surface area (Å²) in [6.45, 7) is 9.28. The van der Waals surface area contributed by atoms with Gasteiger partial charge in [0.05, 0.1) is 86.5 Å². The Hall–Kier alpha value is -6.99. The molecule has 8 aromatic rings. The van der Waals surface area contributed by atoms with Crippen LogP contribution in [-0.2, 0) is 89.2 Å². The summed E-state index contributed by atoms with van der Waals surface area (Å²) in [5, 5.41) is 14.4. The minimum Gasteiger partial charge on any atom is -0.379 e. The molecule has 0 saturated carbocycles. The van der Waals surface area contributed by atoms with Crippen LogP contribution in [-0.4, -0.2) is 204 Å². The van der Waals surface area contributed by atoms with Crippen molar-refractivity contribution >= 4 is 128 Å². The van der Waals surface area contributed by atoms with Gasteiger partial charge in [0.15, 0.2) is 9.84 Å². The Labute approximate surface area is 720 Å². The average molecular weight is 1800 g/mol.